The fourth-order valence-electron chi connectivity index (χ4n) is 2.29. The van der Waals surface area contributed by atoms with Crippen molar-refractivity contribution in [2.75, 3.05) is 5.32 Å². The van der Waals surface area contributed by atoms with Gasteiger partial charge in [0.2, 0.25) is 5.91 Å². The molecule has 0 saturated carbocycles. The summed E-state index contributed by atoms with van der Waals surface area (Å²) in [6, 6.07) is 7.76. The Morgan fingerprint density at radius 3 is 2.78 bits per heavy atom. The molecule has 0 saturated heterocycles. The third kappa shape index (κ3) is 5.14. The normalized spacial score (nSPS) is 11.7. The second-order valence-electron chi connectivity index (χ2n) is 5.52. The van der Waals surface area contributed by atoms with Gasteiger partial charge in [-0.3, -0.25) is 9.48 Å². The molecule has 4 N–H and O–H groups in total. The first kappa shape index (κ1) is 16.5. The Labute approximate surface area is 134 Å². The van der Waals surface area contributed by atoms with Crippen LogP contribution in [0.2, 0.25) is 0 Å². The molecule has 0 bridgehead atoms. The van der Waals surface area contributed by atoms with Crippen molar-refractivity contribution < 1.29 is 9.59 Å². The summed E-state index contributed by atoms with van der Waals surface area (Å²) in [4.78, 5) is 22.8. The van der Waals surface area contributed by atoms with Gasteiger partial charge in [0.1, 0.15) is 6.54 Å². The van der Waals surface area contributed by atoms with Gasteiger partial charge < -0.3 is 16.4 Å². The van der Waals surface area contributed by atoms with Gasteiger partial charge in [0, 0.05) is 12.2 Å². The number of aryl methyl sites for hydroxylation is 1. The minimum absolute atomic E-state index is 0.0169. The number of primary amides is 1. The number of nitrogens with two attached hydrogens (primary N) is 1. The first-order valence-electron chi connectivity index (χ1n) is 7.37. The fourth-order valence-corrected chi connectivity index (χ4v) is 2.29. The van der Waals surface area contributed by atoms with Crippen molar-refractivity contribution in [1.82, 2.24) is 15.1 Å². The summed E-state index contributed by atoms with van der Waals surface area (Å²) >= 11 is 0. The van der Waals surface area contributed by atoms with Crippen molar-refractivity contribution in [2.45, 2.75) is 32.9 Å². The molecule has 1 aromatic heterocycles. The van der Waals surface area contributed by atoms with Crippen LogP contribution in [0.25, 0.3) is 0 Å². The minimum Gasteiger partial charge on any atom is -0.368 e. The maximum Gasteiger partial charge on any atom is 0.319 e. The van der Waals surface area contributed by atoms with Crippen LogP contribution in [-0.2, 0) is 17.8 Å². The number of benzene rings is 1. The number of hydrogen-bond acceptors (Lipinski definition) is 3. The molecule has 1 heterocycles. The van der Waals surface area contributed by atoms with E-state index in [0.29, 0.717) is 5.69 Å². The number of urea groups is 1. The topological polar surface area (TPSA) is 102 Å². The number of carbonyl (C=O) groups is 2. The highest BCUT2D eigenvalue weighted by atomic mass is 16.2. The lowest BCUT2D eigenvalue weighted by atomic mass is 10.0. The van der Waals surface area contributed by atoms with Gasteiger partial charge in [-0.25, -0.2) is 4.79 Å². The van der Waals surface area contributed by atoms with Gasteiger partial charge in [-0.1, -0.05) is 24.3 Å². The Hall–Kier alpha value is -2.83. The summed E-state index contributed by atoms with van der Waals surface area (Å²) in [6.07, 6.45) is 3.77. The Morgan fingerprint density at radius 1 is 1.35 bits per heavy atom. The van der Waals surface area contributed by atoms with Crippen LogP contribution in [0.3, 0.4) is 0 Å². The molecule has 1 aromatic carbocycles. The van der Waals surface area contributed by atoms with Crippen LogP contribution in [0.15, 0.2) is 36.7 Å². The van der Waals surface area contributed by atoms with Crippen molar-refractivity contribution in [2.24, 2.45) is 5.73 Å². The van der Waals surface area contributed by atoms with Gasteiger partial charge >= 0.3 is 6.03 Å². The van der Waals surface area contributed by atoms with Gasteiger partial charge in [0.05, 0.1) is 11.9 Å². The van der Waals surface area contributed by atoms with E-state index in [9.17, 15) is 9.59 Å². The van der Waals surface area contributed by atoms with E-state index in [2.05, 4.69) is 34.8 Å². The predicted octanol–water partition coefficient (Wildman–Crippen LogP) is 1.43. The standard InChI is InChI=1S/C16H21N5O2/c1-11-5-3-4-6-13(11)7-12(2)19-16(23)20-14-8-18-21(9-14)10-15(17)22/h3-6,8-9,12H,7,10H2,1-2H3,(H2,17,22)(H2,19,20,23)/t12-/m0/s1. The Balaban J connectivity index is 1.85. The lowest BCUT2D eigenvalue weighted by molar-refractivity contribution is -0.118. The molecule has 0 unspecified atom stereocenters. The molecule has 2 rings (SSSR count). The highest BCUT2D eigenvalue weighted by Gasteiger charge is 2.10. The molecule has 2 aromatic rings. The summed E-state index contributed by atoms with van der Waals surface area (Å²) < 4.78 is 1.37. The molecule has 122 valence electrons. The summed E-state index contributed by atoms with van der Waals surface area (Å²) in [5.41, 5.74) is 8.00. The van der Waals surface area contributed by atoms with Crippen LogP contribution >= 0.6 is 0 Å². The summed E-state index contributed by atoms with van der Waals surface area (Å²) in [5.74, 6) is -0.490. The summed E-state index contributed by atoms with van der Waals surface area (Å²) in [6.45, 7) is 3.98. The molecule has 0 spiro atoms. The highest BCUT2D eigenvalue weighted by Crippen LogP contribution is 2.10. The van der Waals surface area contributed by atoms with E-state index < -0.39 is 5.91 Å². The predicted molar refractivity (Wildman–Crippen MR) is 87.9 cm³/mol. The van der Waals surface area contributed by atoms with Crippen LogP contribution < -0.4 is 16.4 Å². The van der Waals surface area contributed by atoms with Gasteiger partial charge in [-0.05, 0) is 31.4 Å². The van der Waals surface area contributed by atoms with Crippen molar-refractivity contribution in [3.8, 4) is 0 Å². The van der Waals surface area contributed by atoms with Crippen LogP contribution in [0, 0.1) is 6.92 Å². The van der Waals surface area contributed by atoms with Crippen molar-refractivity contribution >= 4 is 17.6 Å². The van der Waals surface area contributed by atoms with Crippen molar-refractivity contribution in [3.05, 3.63) is 47.8 Å². The third-order valence-electron chi connectivity index (χ3n) is 3.37. The lowest BCUT2D eigenvalue weighted by Crippen LogP contribution is -2.37. The first-order chi connectivity index (χ1) is 10.9. The zero-order chi connectivity index (χ0) is 16.8. The minimum atomic E-state index is -0.490. The second-order valence-corrected chi connectivity index (χ2v) is 5.52. The molecule has 0 fully saturated rings. The largest absolute Gasteiger partial charge is 0.368 e. The van der Waals surface area contributed by atoms with Crippen molar-refractivity contribution in [1.29, 1.82) is 0 Å². The molecule has 0 aliphatic heterocycles. The van der Waals surface area contributed by atoms with Crippen LogP contribution in [0.5, 0.6) is 0 Å². The van der Waals surface area contributed by atoms with Gasteiger partial charge in [-0.15, -0.1) is 0 Å². The zero-order valence-electron chi connectivity index (χ0n) is 13.2. The van der Waals surface area contributed by atoms with E-state index in [1.54, 1.807) is 6.20 Å². The number of nitrogens with one attached hydrogen (secondary N) is 2. The maximum absolute atomic E-state index is 12.0. The lowest BCUT2D eigenvalue weighted by Gasteiger charge is -2.15. The van der Waals surface area contributed by atoms with Gasteiger partial charge in [0.25, 0.3) is 0 Å². The summed E-state index contributed by atoms with van der Waals surface area (Å²) in [5, 5.41) is 9.50. The van der Waals surface area contributed by atoms with Gasteiger partial charge in [-0.2, -0.15) is 5.10 Å². The molecular weight excluding hydrogens is 294 g/mol. The van der Waals surface area contributed by atoms with Crippen molar-refractivity contribution in [3.63, 3.8) is 0 Å². The molecule has 3 amide bonds. The summed E-state index contributed by atoms with van der Waals surface area (Å²) in [7, 11) is 0. The maximum atomic E-state index is 12.0. The molecule has 1 atom stereocenters. The molecule has 7 nitrogen and oxygen atoms in total. The number of anilines is 1. The molecule has 0 aliphatic rings. The Bertz CT molecular complexity index is 695. The SMILES string of the molecule is Cc1ccccc1C[C@H](C)NC(=O)Nc1cnn(CC(N)=O)c1. The molecule has 7 heteroatoms. The Kier molecular flexibility index (Phi) is 5.35. The average molecular weight is 315 g/mol. The molecule has 0 radical (unpaired) electrons. The number of nitrogens with zero attached hydrogens (tertiary/aromatic N) is 2. The van der Waals surface area contributed by atoms with E-state index in [4.69, 9.17) is 5.73 Å². The van der Waals surface area contributed by atoms with E-state index in [1.807, 2.05) is 19.1 Å². The number of rotatable bonds is 6. The smallest absolute Gasteiger partial charge is 0.319 e. The second kappa shape index (κ2) is 7.44. The van der Waals surface area contributed by atoms with E-state index in [1.165, 1.54) is 22.0 Å². The van der Waals surface area contributed by atoms with Gasteiger partial charge in [0.15, 0.2) is 0 Å². The van der Waals surface area contributed by atoms with E-state index >= 15 is 0 Å². The van der Waals surface area contributed by atoms with Crippen LogP contribution in [-0.4, -0.2) is 27.8 Å². The molecule has 23 heavy (non-hydrogen) atoms. The number of carbonyl (C=O) groups excluding carboxylic acids is 2. The first-order valence-corrected chi connectivity index (χ1v) is 7.37. The number of hydrogen-bond donors (Lipinski definition) is 3. The van der Waals surface area contributed by atoms with Crippen LogP contribution in [0.4, 0.5) is 10.5 Å². The monoisotopic (exact) mass is 315 g/mol. The third-order valence-corrected chi connectivity index (χ3v) is 3.37. The number of amides is 3. The number of aromatic nitrogens is 2. The van der Waals surface area contributed by atoms with Crippen LogP contribution in [0.1, 0.15) is 18.1 Å². The van der Waals surface area contributed by atoms with E-state index in [0.717, 1.165) is 6.42 Å². The Morgan fingerprint density at radius 2 is 2.09 bits per heavy atom. The quantitative estimate of drug-likeness (QED) is 0.751. The highest BCUT2D eigenvalue weighted by molar-refractivity contribution is 5.89. The zero-order valence-corrected chi connectivity index (χ0v) is 13.2. The molecule has 0 aliphatic carbocycles. The van der Waals surface area contributed by atoms with E-state index in [-0.39, 0.29) is 18.6 Å². The average Bonchev–Trinajstić information content (AvgIpc) is 2.87. The molecular formula is C16H21N5O2. The fraction of sp³-hybridized carbons (Fsp3) is 0.312.